The van der Waals surface area contributed by atoms with Gasteiger partial charge in [0.05, 0.1) is 31.7 Å². The Morgan fingerprint density at radius 2 is 1.67 bits per heavy atom. The van der Waals surface area contributed by atoms with Crippen molar-refractivity contribution in [3.8, 4) is 11.8 Å². The first-order valence-electron chi connectivity index (χ1n) is 11.8. The fraction of sp³-hybridized carbons (Fsp3) is 0.222. The van der Waals surface area contributed by atoms with E-state index in [1.54, 1.807) is 14.0 Å². The summed E-state index contributed by atoms with van der Waals surface area (Å²) in [5.74, 6) is 0.398. The van der Waals surface area contributed by atoms with E-state index in [1.165, 1.54) is 28.2 Å². The molecule has 3 heterocycles. The molecule has 0 N–H and O–H groups in total. The van der Waals surface area contributed by atoms with Gasteiger partial charge in [0.1, 0.15) is 5.52 Å². The molecule has 5 aromatic rings. The minimum absolute atomic E-state index is 0.230. The molecule has 3 aromatic heterocycles. The molecule has 0 saturated heterocycles. The minimum atomic E-state index is -0.448. The zero-order chi connectivity index (χ0) is 24.9. The van der Waals surface area contributed by atoms with E-state index in [9.17, 15) is 4.79 Å². The van der Waals surface area contributed by atoms with Crippen molar-refractivity contribution in [2.24, 2.45) is 0 Å². The lowest BCUT2D eigenvalue weighted by molar-refractivity contribution is 0.0526. The van der Waals surface area contributed by atoms with Gasteiger partial charge in [-0.2, -0.15) is 15.2 Å². The van der Waals surface area contributed by atoms with Crippen LogP contribution in [0.5, 0.6) is 5.88 Å². The number of benzene rings is 2. The molecule has 0 aliphatic heterocycles. The van der Waals surface area contributed by atoms with Gasteiger partial charge in [-0.05, 0) is 24.5 Å². The van der Waals surface area contributed by atoms with Crippen LogP contribution in [-0.2, 0) is 11.3 Å². The molecule has 182 valence electrons. The van der Waals surface area contributed by atoms with Crippen molar-refractivity contribution in [1.82, 2.24) is 29.5 Å². The third kappa shape index (κ3) is 4.81. The smallest absolute Gasteiger partial charge is 0.341 e. The van der Waals surface area contributed by atoms with Gasteiger partial charge >= 0.3 is 5.97 Å². The third-order valence-electron chi connectivity index (χ3n) is 5.91. The Kier molecular flexibility index (Phi) is 6.70. The number of fused-ring (bicyclic) bond motifs is 1. The molecule has 0 saturated carbocycles. The third-order valence-corrected chi connectivity index (χ3v) is 5.91. The first-order chi connectivity index (χ1) is 17.7. The highest BCUT2D eigenvalue weighted by atomic mass is 16.5. The lowest BCUT2D eigenvalue weighted by atomic mass is 9.88. The molecule has 0 aliphatic carbocycles. The van der Waals surface area contributed by atoms with Crippen LogP contribution in [0.25, 0.3) is 17.0 Å². The summed E-state index contributed by atoms with van der Waals surface area (Å²) in [4.78, 5) is 21.1. The molecular formula is C27H26N6O3. The van der Waals surface area contributed by atoms with Crippen molar-refractivity contribution in [2.45, 2.75) is 25.8 Å². The first-order valence-corrected chi connectivity index (χ1v) is 11.8. The maximum atomic E-state index is 12.0. The van der Waals surface area contributed by atoms with E-state index in [-0.39, 0.29) is 18.5 Å². The van der Waals surface area contributed by atoms with Gasteiger partial charge in [-0.25, -0.2) is 14.5 Å². The molecule has 0 radical (unpaired) electrons. The Bertz CT molecular complexity index is 1420. The maximum absolute atomic E-state index is 12.0. The van der Waals surface area contributed by atoms with E-state index >= 15 is 0 Å². The van der Waals surface area contributed by atoms with Gasteiger partial charge in [-0.1, -0.05) is 60.7 Å². The second-order valence-corrected chi connectivity index (χ2v) is 8.22. The molecule has 0 amide bonds. The average Bonchev–Trinajstić information content (AvgIpc) is 3.57. The minimum Gasteiger partial charge on any atom is -0.479 e. The quantitative estimate of drug-likeness (QED) is 0.287. The monoisotopic (exact) mass is 482 g/mol. The van der Waals surface area contributed by atoms with E-state index in [0.717, 1.165) is 6.42 Å². The van der Waals surface area contributed by atoms with Gasteiger partial charge in [0.2, 0.25) is 5.88 Å². The van der Waals surface area contributed by atoms with Crippen LogP contribution in [0.4, 0.5) is 0 Å². The van der Waals surface area contributed by atoms with Crippen LogP contribution in [0.15, 0.2) is 79.3 Å². The standard InChI is InChI=1S/C27H26N6O3/c1-3-36-26(34)21-16-28-33(17-21)27-29-23-18-32(31-24(23)25(30-27)35-2)15-14-22(19-10-6-4-7-11-19)20-12-8-5-9-13-20/h4-13,16-18,22H,3,14-15H2,1-2H3. The van der Waals surface area contributed by atoms with Crippen molar-refractivity contribution in [3.63, 3.8) is 0 Å². The SMILES string of the molecule is CCOC(=O)c1cnn(-c2nc(OC)c3nn(CCC(c4ccccc4)c4ccccc4)cc3n2)c1. The second kappa shape index (κ2) is 10.4. The summed E-state index contributed by atoms with van der Waals surface area (Å²) >= 11 is 0. The number of hydrogen-bond donors (Lipinski definition) is 0. The Balaban J connectivity index is 1.42. The predicted molar refractivity (Wildman–Crippen MR) is 134 cm³/mol. The highest BCUT2D eigenvalue weighted by Gasteiger charge is 2.18. The van der Waals surface area contributed by atoms with Crippen LogP contribution >= 0.6 is 0 Å². The number of carbonyl (C=O) groups excluding carboxylic acids is 1. The Labute approximate surface area is 208 Å². The van der Waals surface area contributed by atoms with Gasteiger partial charge < -0.3 is 9.47 Å². The molecule has 0 fully saturated rings. The highest BCUT2D eigenvalue weighted by Crippen LogP contribution is 2.29. The summed E-state index contributed by atoms with van der Waals surface area (Å²) in [7, 11) is 1.54. The van der Waals surface area contributed by atoms with Crippen molar-refractivity contribution in [1.29, 1.82) is 0 Å². The number of ether oxygens (including phenoxy) is 2. The molecule has 9 nitrogen and oxygen atoms in total. The van der Waals surface area contributed by atoms with Gasteiger partial charge in [0.25, 0.3) is 5.95 Å². The Morgan fingerprint density at radius 1 is 0.972 bits per heavy atom. The number of aromatic nitrogens is 6. The van der Waals surface area contributed by atoms with Crippen LogP contribution < -0.4 is 4.74 Å². The van der Waals surface area contributed by atoms with Crippen LogP contribution in [0.3, 0.4) is 0 Å². The van der Waals surface area contributed by atoms with E-state index in [4.69, 9.17) is 14.6 Å². The summed E-state index contributed by atoms with van der Waals surface area (Å²) < 4.78 is 13.8. The molecule has 5 rings (SSSR count). The van der Waals surface area contributed by atoms with Crippen LogP contribution in [-0.4, -0.2) is 49.2 Å². The molecule has 36 heavy (non-hydrogen) atoms. The first kappa shape index (κ1) is 23.2. The zero-order valence-electron chi connectivity index (χ0n) is 20.1. The largest absolute Gasteiger partial charge is 0.479 e. The van der Waals surface area contributed by atoms with Gasteiger partial charge in [-0.15, -0.1) is 0 Å². The van der Waals surface area contributed by atoms with Crippen molar-refractivity contribution in [3.05, 3.63) is 95.9 Å². The average molecular weight is 483 g/mol. The molecule has 9 heteroatoms. The van der Waals surface area contributed by atoms with Gasteiger partial charge in [0, 0.05) is 18.7 Å². The number of aryl methyl sites for hydroxylation is 1. The lowest BCUT2D eigenvalue weighted by Crippen LogP contribution is -2.07. The number of methoxy groups -OCH3 is 1. The van der Waals surface area contributed by atoms with E-state index in [0.29, 0.717) is 29.0 Å². The number of hydrogen-bond acceptors (Lipinski definition) is 7. The Morgan fingerprint density at radius 3 is 2.31 bits per heavy atom. The molecule has 2 aromatic carbocycles. The number of carbonyl (C=O) groups is 1. The lowest BCUT2D eigenvalue weighted by Gasteiger charge is -2.18. The van der Waals surface area contributed by atoms with E-state index < -0.39 is 5.97 Å². The van der Waals surface area contributed by atoms with Crippen molar-refractivity contribution in [2.75, 3.05) is 13.7 Å². The van der Waals surface area contributed by atoms with E-state index in [1.807, 2.05) is 23.0 Å². The Hall–Kier alpha value is -4.53. The van der Waals surface area contributed by atoms with E-state index in [2.05, 4.69) is 63.6 Å². The molecular weight excluding hydrogens is 456 g/mol. The fourth-order valence-corrected chi connectivity index (χ4v) is 4.19. The fourth-order valence-electron chi connectivity index (χ4n) is 4.19. The molecule has 0 atom stereocenters. The summed E-state index contributed by atoms with van der Waals surface area (Å²) in [6.45, 7) is 2.72. The normalized spacial score (nSPS) is 11.2. The van der Waals surface area contributed by atoms with Crippen molar-refractivity contribution < 1.29 is 14.3 Å². The van der Waals surface area contributed by atoms with Gasteiger partial charge in [0.15, 0.2) is 5.52 Å². The highest BCUT2D eigenvalue weighted by molar-refractivity contribution is 5.88. The summed E-state index contributed by atoms with van der Waals surface area (Å²) in [6.07, 6.45) is 5.70. The summed E-state index contributed by atoms with van der Waals surface area (Å²) in [5.41, 5.74) is 4.03. The summed E-state index contributed by atoms with van der Waals surface area (Å²) in [6, 6.07) is 21.0. The molecule has 0 unspecified atom stereocenters. The zero-order valence-corrected chi connectivity index (χ0v) is 20.1. The molecule has 0 spiro atoms. The number of rotatable bonds is 9. The van der Waals surface area contributed by atoms with Crippen molar-refractivity contribution >= 4 is 17.0 Å². The maximum Gasteiger partial charge on any atom is 0.341 e. The number of nitrogens with zero attached hydrogens (tertiary/aromatic N) is 6. The predicted octanol–water partition coefficient (Wildman–Crippen LogP) is 4.42. The van der Waals surface area contributed by atoms with Crippen LogP contribution in [0.2, 0.25) is 0 Å². The van der Waals surface area contributed by atoms with Crippen LogP contribution in [0.1, 0.15) is 40.7 Å². The van der Waals surface area contributed by atoms with Gasteiger partial charge in [-0.3, -0.25) is 4.68 Å². The topological polar surface area (TPSA) is 97.0 Å². The molecule has 0 aliphatic rings. The van der Waals surface area contributed by atoms with Crippen LogP contribution in [0, 0.1) is 0 Å². The second-order valence-electron chi connectivity index (χ2n) is 8.22. The molecule has 0 bridgehead atoms. The number of esters is 1. The summed E-state index contributed by atoms with van der Waals surface area (Å²) in [5, 5.41) is 8.91.